The number of carbonyl (C=O) groups is 1. The van der Waals surface area contributed by atoms with Crippen molar-refractivity contribution in [2.45, 2.75) is 32.8 Å². The Labute approximate surface area is 116 Å². The van der Waals surface area contributed by atoms with Crippen molar-refractivity contribution >= 4 is 17.1 Å². The molecule has 3 rings (SSSR count). The quantitative estimate of drug-likeness (QED) is 0.863. The molecule has 2 aromatic rings. The topological polar surface area (TPSA) is 39.2 Å². The van der Waals surface area contributed by atoms with E-state index in [1.54, 1.807) is 11.3 Å². The Kier molecular flexibility index (Phi) is 3.11. The molecule has 4 heteroatoms. The van der Waals surface area contributed by atoms with Crippen LogP contribution in [0.5, 0.6) is 5.75 Å². The molecule has 0 saturated carbocycles. The van der Waals surface area contributed by atoms with Gasteiger partial charge < -0.3 is 4.74 Å². The maximum Gasteiger partial charge on any atom is 0.180 e. The van der Waals surface area contributed by atoms with Gasteiger partial charge in [-0.05, 0) is 25.5 Å². The lowest BCUT2D eigenvalue weighted by molar-refractivity contribution is -0.124. The highest BCUT2D eigenvalue weighted by Crippen LogP contribution is 2.29. The number of hydrogen-bond acceptors (Lipinski definition) is 4. The zero-order valence-electron chi connectivity index (χ0n) is 11.0. The first-order valence-electron chi connectivity index (χ1n) is 6.33. The summed E-state index contributed by atoms with van der Waals surface area (Å²) in [6, 6.07) is 7.84. The number of ether oxygens (including phenoxy) is 1. The third kappa shape index (κ3) is 2.40. The predicted molar refractivity (Wildman–Crippen MR) is 74.9 cm³/mol. The fourth-order valence-corrected chi connectivity index (χ4v) is 3.18. The first kappa shape index (κ1) is 12.4. The van der Waals surface area contributed by atoms with E-state index in [9.17, 15) is 4.79 Å². The molecule has 0 saturated heterocycles. The van der Waals surface area contributed by atoms with Crippen LogP contribution in [0.15, 0.2) is 24.3 Å². The molecular formula is C15H15NO2S. The van der Waals surface area contributed by atoms with Gasteiger partial charge in [-0.2, -0.15) is 0 Å². The lowest BCUT2D eigenvalue weighted by Crippen LogP contribution is -2.26. The summed E-state index contributed by atoms with van der Waals surface area (Å²) in [5.41, 5.74) is 2.13. The Morgan fingerprint density at radius 2 is 2.21 bits per heavy atom. The first-order valence-corrected chi connectivity index (χ1v) is 7.15. The van der Waals surface area contributed by atoms with Crippen molar-refractivity contribution in [2.24, 2.45) is 0 Å². The highest BCUT2D eigenvalue weighted by molar-refractivity contribution is 7.11. The second-order valence-corrected chi connectivity index (χ2v) is 6.10. The highest BCUT2D eigenvalue weighted by atomic mass is 32.1. The van der Waals surface area contributed by atoms with Gasteiger partial charge in [0.2, 0.25) is 0 Å². The van der Waals surface area contributed by atoms with Crippen LogP contribution in [0.3, 0.4) is 0 Å². The molecule has 1 aromatic heterocycles. The number of aromatic nitrogens is 1. The molecule has 0 amide bonds. The van der Waals surface area contributed by atoms with Gasteiger partial charge in [0.15, 0.2) is 11.9 Å². The van der Waals surface area contributed by atoms with Crippen molar-refractivity contribution in [3.05, 3.63) is 45.4 Å². The molecule has 0 fully saturated rings. The Morgan fingerprint density at radius 1 is 1.42 bits per heavy atom. The largest absolute Gasteiger partial charge is 0.482 e. The van der Waals surface area contributed by atoms with E-state index < -0.39 is 0 Å². The smallest absolute Gasteiger partial charge is 0.180 e. The normalized spacial score (nSPS) is 17.1. The third-order valence-corrected chi connectivity index (χ3v) is 4.48. The van der Waals surface area contributed by atoms with Crippen LogP contribution in [0.25, 0.3) is 0 Å². The third-order valence-electron chi connectivity index (χ3n) is 3.40. The summed E-state index contributed by atoms with van der Waals surface area (Å²) >= 11 is 1.60. The predicted octanol–water partition coefficient (Wildman–Crippen LogP) is 2.88. The number of rotatable bonds is 3. The van der Waals surface area contributed by atoms with E-state index in [1.165, 1.54) is 4.88 Å². The zero-order valence-corrected chi connectivity index (χ0v) is 11.8. The maximum absolute atomic E-state index is 12.2. The first-order chi connectivity index (χ1) is 9.13. The summed E-state index contributed by atoms with van der Waals surface area (Å²) in [6.07, 6.45) is 0.706. The molecule has 19 heavy (non-hydrogen) atoms. The van der Waals surface area contributed by atoms with Crippen molar-refractivity contribution in [3.63, 3.8) is 0 Å². The molecule has 0 bridgehead atoms. The summed E-state index contributed by atoms with van der Waals surface area (Å²) in [7, 11) is 0. The molecule has 0 aliphatic carbocycles. The molecule has 0 N–H and O–H groups in total. The molecule has 3 nitrogen and oxygen atoms in total. The average Bonchev–Trinajstić information content (AvgIpc) is 2.93. The Balaban J connectivity index is 1.70. The van der Waals surface area contributed by atoms with Crippen molar-refractivity contribution in [2.75, 3.05) is 0 Å². The van der Waals surface area contributed by atoms with Gasteiger partial charge in [-0.3, -0.25) is 4.79 Å². The van der Waals surface area contributed by atoms with Crippen LogP contribution in [-0.2, 0) is 17.6 Å². The van der Waals surface area contributed by atoms with Gasteiger partial charge in [0.05, 0.1) is 12.1 Å². The number of aryl methyl sites for hydroxylation is 2. The van der Waals surface area contributed by atoms with Gasteiger partial charge in [0.25, 0.3) is 0 Å². The number of para-hydroxylation sites is 1. The summed E-state index contributed by atoms with van der Waals surface area (Å²) in [5, 5.41) is 0.888. The number of hydrogen-bond donors (Lipinski definition) is 0. The van der Waals surface area contributed by atoms with E-state index in [1.807, 2.05) is 38.1 Å². The monoisotopic (exact) mass is 273 g/mol. The van der Waals surface area contributed by atoms with Crippen LogP contribution in [0.4, 0.5) is 0 Å². The minimum absolute atomic E-state index is 0.116. The van der Waals surface area contributed by atoms with Gasteiger partial charge >= 0.3 is 0 Å². The lowest BCUT2D eigenvalue weighted by atomic mass is 10.1. The maximum atomic E-state index is 12.2. The SMILES string of the molecule is Cc1nc(CC(=O)C2Cc3ccccc3O2)sc1C. The number of carbonyl (C=O) groups excluding carboxylic acids is 1. The standard InChI is InChI=1S/C15H15NO2S/c1-9-10(2)19-15(16-9)8-12(17)14-7-11-5-3-4-6-13(11)18-14/h3-6,14H,7-8H2,1-2H3. The number of benzene rings is 1. The summed E-state index contributed by atoms with van der Waals surface area (Å²) in [6.45, 7) is 4.00. The Bertz CT molecular complexity index is 588. The van der Waals surface area contributed by atoms with Gasteiger partial charge in [-0.15, -0.1) is 11.3 Å². The fourth-order valence-electron chi connectivity index (χ4n) is 2.24. The van der Waals surface area contributed by atoms with Crippen molar-refractivity contribution in [1.29, 1.82) is 0 Å². The van der Waals surface area contributed by atoms with Crippen LogP contribution in [0.2, 0.25) is 0 Å². The van der Waals surface area contributed by atoms with Crippen LogP contribution in [0, 0.1) is 13.8 Å². The van der Waals surface area contributed by atoms with Crippen LogP contribution >= 0.6 is 11.3 Å². The minimum atomic E-state index is -0.345. The fraction of sp³-hybridized carbons (Fsp3) is 0.333. The van der Waals surface area contributed by atoms with Crippen molar-refractivity contribution < 1.29 is 9.53 Å². The Morgan fingerprint density at radius 3 is 2.89 bits per heavy atom. The van der Waals surface area contributed by atoms with Gasteiger partial charge in [0.1, 0.15) is 10.8 Å². The summed E-state index contributed by atoms with van der Waals surface area (Å²) < 4.78 is 5.71. The van der Waals surface area contributed by atoms with Crippen LogP contribution < -0.4 is 4.74 Å². The molecule has 1 atom stereocenters. The van der Waals surface area contributed by atoms with E-state index in [4.69, 9.17) is 4.74 Å². The molecule has 0 radical (unpaired) electrons. The van der Waals surface area contributed by atoms with E-state index in [2.05, 4.69) is 4.98 Å². The van der Waals surface area contributed by atoms with Crippen LogP contribution in [0.1, 0.15) is 21.1 Å². The van der Waals surface area contributed by atoms with Gasteiger partial charge in [-0.1, -0.05) is 18.2 Å². The van der Waals surface area contributed by atoms with Crippen LogP contribution in [-0.4, -0.2) is 16.9 Å². The van der Waals surface area contributed by atoms with E-state index >= 15 is 0 Å². The van der Waals surface area contributed by atoms with E-state index in [-0.39, 0.29) is 11.9 Å². The number of Topliss-reactive ketones (excluding diaryl/α,β-unsaturated/α-hetero) is 1. The number of thiazole rings is 1. The molecule has 1 aliphatic rings. The molecule has 1 aromatic carbocycles. The lowest BCUT2D eigenvalue weighted by Gasteiger charge is -2.07. The molecule has 1 unspecified atom stereocenters. The number of fused-ring (bicyclic) bond motifs is 1. The number of nitrogens with zero attached hydrogens (tertiary/aromatic N) is 1. The molecule has 0 spiro atoms. The number of ketones is 1. The highest BCUT2D eigenvalue weighted by Gasteiger charge is 2.29. The van der Waals surface area contributed by atoms with Gasteiger partial charge in [-0.25, -0.2) is 4.98 Å². The summed E-state index contributed by atoms with van der Waals surface area (Å²) in [4.78, 5) is 17.8. The molecule has 1 aliphatic heterocycles. The molecule has 2 heterocycles. The molecular weight excluding hydrogens is 258 g/mol. The summed E-state index contributed by atoms with van der Waals surface area (Å²) in [5.74, 6) is 0.956. The average molecular weight is 273 g/mol. The Hall–Kier alpha value is -1.68. The zero-order chi connectivity index (χ0) is 13.4. The van der Waals surface area contributed by atoms with Crippen molar-refractivity contribution in [3.8, 4) is 5.75 Å². The second-order valence-electron chi connectivity index (χ2n) is 4.81. The van der Waals surface area contributed by atoms with Crippen molar-refractivity contribution in [1.82, 2.24) is 4.98 Å². The van der Waals surface area contributed by atoms with E-state index in [0.717, 1.165) is 22.0 Å². The molecule has 98 valence electrons. The van der Waals surface area contributed by atoms with Gasteiger partial charge in [0, 0.05) is 11.3 Å². The van der Waals surface area contributed by atoms with E-state index in [0.29, 0.717) is 12.8 Å². The second kappa shape index (κ2) is 4.78. The minimum Gasteiger partial charge on any atom is -0.482 e.